The van der Waals surface area contributed by atoms with E-state index in [4.69, 9.17) is 16.3 Å². The standard InChI is InChI=1S/C16H26ClN3O/c1-13-11-18-15(14(2)16(13)21-3)12-20-7-4-6-19(8-5-17)9-10-20/h11H,4-10,12H2,1-3H3. The Morgan fingerprint density at radius 2 is 1.90 bits per heavy atom. The molecule has 4 nitrogen and oxygen atoms in total. The van der Waals surface area contributed by atoms with E-state index in [2.05, 4.69) is 21.7 Å². The Labute approximate surface area is 133 Å². The van der Waals surface area contributed by atoms with Crippen molar-refractivity contribution in [3.8, 4) is 5.75 Å². The molecule has 0 atom stereocenters. The third kappa shape index (κ3) is 4.31. The van der Waals surface area contributed by atoms with E-state index in [0.29, 0.717) is 0 Å². The van der Waals surface area contributed by atoms with E-state index in [-0.39, 0.29) is 0 Å². The topological polar surface area (TPSA) is 28.6 Å². The first-order valence-corrected chi connectivity index (χ1v) is 8.19. The highest BCUT2D eigenvalue weighted by atomic mass is 35.5. The van der Waals surface area contributed by atoms with Crippen molar-refractivity contribution in [2.45, 2.75) is 26.8 Å². The summed E-state index contributed by atoms with van der Waals surface area (Å²) in [5.74, 6) is 1.69. The Morgan fingerprint density at radius 3 is 2.62 bits per heavy atom. The van der Waals surface area contributed by atoms with Crippen molar-refractivity contribution in [3.63, 3.8) is 0 Å². The lowest BCUT2D eigenvalue weighted by molar-refractivity contribution is 0.255. The molecule has 2 rings (SSSR count). The molecule has 1 aromatic heterocycles. The molecule has 118 valence electrons. The largest absolute Gasteiger partial charge is 0.496 e. The Morgan fingerprint density at radius 1 is 1.19 bits per heavy atom. The fourth-order valence-electron chi connectivity index (χ4n) is 2.97. The third-order valence-electron chi connectivity index (χ3n) is 4.21. The lowest BCUT2D eigenvalue weighted by Gasteiger charge is -2.22. The zero-order chi connectivity index (χ0) is 15.2. The Kier molecular flexibility index (Phi) is 6.27. The van der Waals surface area contributed by atoms with Crippen LogP contribution in [0.3, 0.4) is 0 Å². The zero-order valence-electron chi connectivity index (χ0n) is 13.4. The highest BCUT2D eigenvalue weighted by Crippen LogP contribution is 2.24. The lowest BCUT2D eigenvalue weighted by Crippen LogP contribution is -2.32. The van der Waals surface area contributed by atoms with Gasteiger partial charge in [0.15, 0.2) is 0 Å². The molecular formula is C16H26ClN3O. The number of hydrogen-bond acceptors (Lipinski definition) is 4. The van der Waals surface area contributed by atoms with E-state index in [0.717, 1.165) is 62.2 Å². The van der Waals surface area contributed by atoms with Crippen LogP contribution < -0.4 is 4.74 Å². The first-order chi connectivity index (χ1) is 10.2. The minimum absolute atomic E-state index is 0.718. The van der Waals surface area contributed by atoms with Gasteiger partial charge in [-0.05, 0) is 33.4 Å². The van der Waals surface area contributed by atoms with Gasteiger partial charge < -0.3 is 9.64 Å². The van der Waals surface area contributed by atoms with Crippen LogP contribution in [0.15, 0.2) is 6.20 Å². The molecule has 0 spiro atoms. The van der Waals surface area contributed by atoms with Crippen LogP contribution in [0.1, 0.15) is 23.2 Å². The van der Waals surface area contributed by atoms with Gasteiger partial charge in [-0.25, -0.2) is 0 Å². The molecule has 1 aromatic rings. The summed E-state index contributed by atoms with van der Waals surface area (Å²) in [4.78, 5) is 9.54. The van der Waals surface area contributed by atoms with Crippen molar-refractivity contribution in [1.29, 1.82) is 0 Å². The minimum atomic E-state index is 0.718. The maximum Gasteiger partial charge on any atom is 0.128 e. The van der Waals surface area contributed by atoms with Crippen molar-refractivity contribution >= 4 is 11.6 Å². The second-order valence-electron chi connectivity index (χ2n) is 5.71. The van der Waals surface area contributed by atoms with E-state index in [1.165, 1.54) is 12.0 Å². The first-order valence-electron chi connectivity index (χ1n) is 7.65. The number of nitrogens with zero attached hydrogens (tertiary/aromatic N) is 3. The molecule has 1 aliphatic heterocycles. The summed E-state index contributed by atoms with van der Waals surface area (Å²) in [7, 11) is 1.73. The Balaban J connectivity index is 2.02. The van der Waals surface area contributed by atoms with Crippen molar-refractivity contribution in [3.05, 3.63) is 23.0 Å². The summed E-state index contributed by atoms with van der Waals surface area (Å²) in [5.41, 5.74) is 3.39. The van der Waals surface area contributed by atoms with Crippen molar-refractivity contribution in [2.75, 3.05) is 45.7 Å². The van der Waals surface area contributed by atoms with Crippen LogP contribution in [0, 0.1) is 13.8 Å². The van der Waals surface area contributed by atoms with Crippen LogP contribution in [-0.4, -0.2) is 60.5 Å². The van der Waals surface area contributed by atoms with Crippen LogP contribution in [0.4, 0.5) is 0 Å². The van der Waals surface area contributed by atoms with Crippen molar-refractivity contribution in [1.82, 2.24) is 14.8 Å². The van der Waals surface area contributed by atoms with E-state index >= 15 is 0 Å². The molecule has 0 N–H and O–H groups in total. The predicted octanol–water partition coefficient (Wildman–Crippen LogP) is 2.45. The SMILES string of the molecule is COc1c(C)cnc(CN2CCCN(CCCl)CC2)c1C. The molecule has 1 aliphatic rings. The molecule has 0 unspecified atom stereocenters. The fourth-order valence-corrected chi connectivity index (χ4v) is 3.21. The van der Waals surface area contributed by atoms with Crippen molar-refractivity contribution < 1.29 is 4.74 Å². The predicted molar refractivity (Wildman–Crippen MR) is 87.3 cm³/mol. The zero-order valence-corrected chi connectivity index (χ0v) is 14.1. The van der Waals surface area contributed by atoms with Gasteiger partial charge in [0.05, 0.1) is 12.8 Å². The number of aromatic nitrogens is 1. The minimum Gasteiger partial charge on any atom is -0.496 e. The van der Waals surface area contributed by atoms with Gasteiger partial charge in [0.1, 0.15) is 5.75 Å². The van der Waals surface area contributed by atoms with E-state index < -0.39 is 0 Å². The van der Waals surface area contributed by atoms with Crippen LogP contribution in [0.25, 0.3) is 0 Å². The molecule has 0 saturated carbocycles. The normalized spacial score (nSPS) is 17.7. The van der Waals surface area contributed by atoms with Gasteiger partial charge in [0, 0.05) is 49.4 Å². The summed E-state index contributed by atoms with van der Waals surface area (Å²) in [6.45, 7) is 10.5. The third-order valence-corrected chi connectivity index (χ3v) is 4.37. The summed E-state index contributed by atoms with van der Waals surface area (Å²) in [6.07, 6.45) is 3.11. The summed E-state index contributed by atoms with van der Waals surface area (Å²) >= 11 is 5.84. The maximum atomic E-state index is 5.84. The highest BCUT2D eigenvalue weighted by molar-refractivity contribution is 6.18. The summed E-state index contributed by atoms with van der Waals surface area (Å²) in [6, 6.07) is 0. The second-order valence-corrected chi connectivity index (χ2v) is 6.08. The molecule has 5 heteroatoms. The monoisotopic (exact) mass is 311 g/mol. The highest BCUT2D eigenvalue weighted by Gasteiger charge is 2.17. The molecule has 0 amide bonds. The van der Waals surface area contributed by atoms with Crippen LogP contribution >= 0.6 is 11.6 Å². The fraction of sp³-hybridized carbons (Fsp3) is 0.688. The molecule has 21 heavy (non-hydrogen) atoms. The average Bonchev–Trinajstić information content (AvgIpc) is 2.69. The number of ether oxygens (including phenoxy) is 1. The van der Waals surface area contributed by atoms with Gasteiger partial charge in [-0.15, -0.1) is 11.6 Å². The van der Waals surface area contributed by atoms with Crippen LogP contribution in [0.2, 0.25) is 0 Å². The van der Waals surface area contributed by atoms with E-state index in [9.17, 15) is 0 Å². The second kappa shape index (κ2) is 7.97. The molecule has 2 heterocycles. The van der Waals surface area contributed by atoms with Gasteiger partial charge in [0.25, 0.3) is 0 Å². The van der Waals surface area contributed by atoms with Gasteiger partial charge >= 0.3 is 0 Å². The molecule has 1 saturated heterocycles. The number of aryl methyl sites for hydroxylation is 1. The lowest BCUT2D eigenvalue weighted by atomic mass is 10.1. The number of methoxy groups -OCH3 is 1. The first kappa shape index (κ1) is 16.5. The summed E-state index contributed by atoms with van der Waals surface area (Å²) < 4.78 is 5.50. The van der Waals surface area contributed by atoms with Crippen molar-refractivity contribution in [2.24, 2.45) is 0 Å². The Hall–Kier alpha value is -0.840. The van der Waals surface area contributed by atoms with Crippen LogP contribution in [0.5, 0.6) is 5.75 Å². The molecule has 0 aromatic carbocycles. The number of pyridine rings is 1. The Bertz CT molecular complexity index is 467. The number of hydrogen-bond donors (Lipinski definition) is 0. The van der Waals surface area contributed by atoms with Gasteiger partial charge in [-0.3, -0.25) is 9.88 Å². The number of rotatable bonds is 5. The number of halogens is 1. The quantitative estimate of drug-likeness (QED) is 0.781. The van der Waals surface area contributed by atoms with Crippen LogP contribution in [-0.2, 0) is 6.54 Å². The molecule has 0 bridgehead atoms. The van der Waals surface area contributed by atoms with Gasteiger partial charge in [0.2, 0.25) is 0 Å². The molecular weight excluding hydrogens is 286 g/mol. The average molecular weight is 312 g/mol. The molecule has 0 radical (unpaired) electrons. The molecule has 0 aliphatic carbocycles. The van der Waals surface area contributed by atoms with E-state index in [1.807, 2.05) is 13.1 Å². The maximum absolute atomic E-state index is 5.84. The smallest absolute Gasteiger partial charge is 0.128 e. The van der Waals surface area contributed by atoms with Gasteiger partial charge in [-0.1, -0.05) is 0 Å². The molecule has 1 fully saturated rings. The number of alkyl halides is 1. The van der Waals surface area contributed by atoms with Gasteiger partial charge in [-0.2, -0.15) is 0 Å². The van der Waals surface area contributed by atoms with E-state index in [1.54, 1.807) is 7.11 Å². The summed E-state index contributed by atoms with van der Waals surface area (Å²) in [5, 5.41) is 0.